The predicted molar refractivity (Wildman–Crippen MR) is 77.8 cm³/mol. The SMILES string of the molecule is CNC1(C)CCN(C2CSCC(C)(C)C2)CC1. The second-order valence-corrected chi connectivity index (χ2v) is 7.91. The molecule has 2 aliphatic heterocycles. The second kappa shape index (κ2) is 5.10. The molecule has 1 unspecified atom stereocenters. The fourth-order valence-corrected chi connectivity index (χ4v) is 4.48. The average molecular weight is 256 g/mol. The summed E-state index contributed by atoms with van der Waals surface area (Å²) in [6.07, 6.45) is 3.98. The maximum atomic E-state index is 3.49. The molecule has 2 saturated heterocycles. The molecule has 17 heavy (non-hydrogen) atoms. The van der Waals surface area contributed by atoms with Crippen LogP contribution in [0.3, 0.4) is 0 Å². The van der Waals surface area contributed by atoms with Crippen molar-refractivity contribution in [2.45, 2.75) is 51.6 Å². The zero-order valence-electron chi connectivity index (χ0n) is 11.9. The molecule has 3 heteroatoms. The highest BCUT2D eigenvalue weighted by Gasteiger charge is 2.35. The van der Waals surface area contributed by atoms with Crippen LogP contribution in [0.15, 0.2) is 0 Å². The summed E-state index contributed by atoms with van der Waals surface area (Å²) in [7, 11) is 2.11. The number of hydrogen-bond donors (Lipinski definition) is 1. The number of piperidine rings is 1. The van der Waals surface area contributed by atoms with E-state index in [1.165, 1.54) is 43.9 Å². The minimum atomic E-state index is 0.383. The van der Waals surface area contributed by atoms with Gasteiger partial charge in [-0.05, 0) is 44.4 Å². The van der Waals surface area contributed by atoms with Gasteiger partial charge in [0.2, 0.25) is 0 Å². The lowest BCUT2D eigenvalue weighted by Gasteiger charge is -2.46. The molecule has 2 aliphatic rings. The molecule has 0 spiro atoms. The van der Waals surface area contributed by atoms with E-state index in [1.807, 2.05) is 0 Å². The van der Waals surface area contributed by atoms with Gasteiger partial charge in [-0.15, -0.1) is 0 Å². The lowest BCUT2D eigenvalue weighted by atomic mass is 9.84. The van der Waals surface area contributed by atoms with E-state index in [0.717, 1.165) is 6.04 Å². The van der Waals surface area contributed by atoms with Gasteiger partial charge in [0.05, 0.1) is 0 Å². The van der Waals surface area contributed by atoms with Crippen molar-refractivity contribution in [2.24, 2.45) is 5.41 Å². The summed E-state index contributed by atoms with van der Waals surface area (Å²) in [5, 5.41) is 3.49. The molecule has 0 radical (unpaired) electrons. The molecular formula is C14H28N2S. The number of hydrogen-bond acceptors (Lipinski definition) is 3. The molecule has 2 rings (SSSR count). The van der Waals surface area contributed by atoms with E-state index in [4.69, 9.17) is 0 Å². The third kappa shape index (κ3) is 3.39. The molecule has 0 aliphatic carbocycles. The normalized spacial score (nSPS) is 33.5. The zero-order valence-corrected chi connectivity index (χ0v) is 12.7. The van der Waals surface area contributed by atoms with Gasteiger partial charge in [0, 0.05) is 30.4 Å². The Morgan fingerprint density at radius 1 is 1.18 bits per heavy atom. The maximum absolute atomic E-state index is 3.49. The fourth-order valence-electron chi connectivity index (χ4n) is 3.09. The quantitative estimate of drug-likeness (QED) is 0.817. The van der Waals surface area contributed by atoms with Crippen LogP contribution in [-0.4, -0.2) is 48.1 Å². The highest BCUT2D eigenvalue weighted by atomic mass is 32.2. The summed E-state index contributed by atoms with van der Waals surface area (Å²) < 4.78 is 0. The zero-order chi connectivity index (χ0) is 12.5. The Bertz CT molecular complexity index is 257. The molecule has 0 aromatic carbocycles. The van der Waals surface area contributed by atoms with Crippen LogP contribution >= 0.6 is 11.8 Å². The Morgan fingerprint density at radius 2 is 1.82 bits per heavy atom. The molecular weight excluding hydrogens is 228 g/mol. The van der Waals surface area contributed by atoms with Crippen molar-refractivity contribution in [2.75, 3.05) is 31.6 Å². The van der Waals surface area contributed by atoms with Crippen LogP contribution in [0.4, 0.5) is 0 Å². The Morgan fingerprint density at radius 3 is 2.35 bits per heavy atom. The van der Waals surface area contributed by atoms with Crippen molar-refractivity contribution in [3.8, 4) is 0 Å². The summed E-state index contributed by atoms with van der Waals surface area (Å²) in [4.78, 5) is 2.74. The van der Waals surface area contributed by atoms with E-state index in [2.05, 4.69) is 49.8 Å². The first-order chi connectivity index (χ1) is 7.94. The highest BCUT2D eigenvalue weighted by Crippen LogP contribution is 2.37. The Hall–Kier alpha value is 0.270. The molecule has 0 aromatic rings. The standard InChI is InChI=1S/C14H28N2S/c1-13(2)9-12(10-17-11-13)16-7-5-14(3,15-4)6-8-16/h12,15H,5-11H2,1-4H3. The van der Waals surface area contributed by atoms with Crippen LogP contribution in [0, 0.1) is 5.41 Å². The van der Waals surface area contributed by atoms with Gasteiger partial charge < -0.3 is 5.32 Å². The molecule has 2 nitrogen and oxygen atoms in total. The number of nitrogens with zero attached hydrogens (tertiary/aromatic N) is 1. The van der Waals surface area contributed by atoms with Crippen LogP contribution in [0.1, 0.15) is 40.0 Å². The molecule has 0 aromatic heterocycles. The molecule has 0 saturated carbocycles. The highest BCUT2D eigenvalue weighted by molar-refractivity contribution is 7.99. The van der Waals surface area contributed by atoms with Crippen molar-refractivity contribution < 1.29 is 0 Å². The molecule has 100 valence electrons. The summed E-state index contributed by atoms with van der Waals surface area (Å²) >= 11 is 2.15. The minimum absolute atomic E-state index is 0.383. The van der Waals surface area contributed by atoms with E-state index in [0.29, 0.717) is 11.0 Å². The van der Waals surface area contributed by atoms with Crippen LogP contribution in [0.25, 0.3) is 0 Å². The fraction of sp³-hybridized carbons (Fsp3) is 1.00. The van der Waals surface area contributed by atoms with Crippen LogP contribution in [0.5, 0.6) is 0 Å². The smallest absolute Gasteiger partial charge is 0.0191 e. The lowest BCUT2D eigenvalue weighted by Crippen LogP contribution is -2.54. The first kappa shape index (κ1) is 13.7. The number of nitrogens with one attached hydrogen (secondary N) is 1. The van der Waals surface area contributed by atoms with E-state index in [-0.39, 0.29) is 0 Å². The van der Waals surface area contributed by atoms with Crippen molar-refractivity contribution in [1.82, 2.24) is 10.2 Å². The maximum Gasteiger partial charge on any atom is 0.0191 e. The van der Waals surface area contributed by atoms with Gasteiger partial charge in [-0.25, -0.2) is 0 Å². The van der Waals surface area contributed by atoms with Crippen LogP contribution < -0.4 is 5.32 Å². The molecule has 1 N–H and O–H groups in total. The van der Waals surface area contributed by atoms with Gasteiger partial charge in [-0.3, -0.25) is 4.90 Å². The van der Waals surface area contributed by atoms with Gasteiger partial charge >= 0.3 is 0 Å². The number of thioether (sulfide) groups is 1. The Balaban J connectivity index is 1.88. The van der Waals surface area contributed by atoms with Crippen molar-refractivity contribution >= 4 is 11.8 Å². The van der Waals surface area contributed by atoms with Crippen LogP contribution in [0.2, 0.25) is 0 Å². The monoisotopic (exact) mass is 256 g/mol. The minimum Gasteiger partial charge on any atom is -0.314 e. The number of likely N-dealkylation sites (tertiary alicyclic amines) is 1. The molecule has 0 amide bonds. The van der Waals surface area contributed by atoms with Crippen molar-refractivity contribution in [1.29, 1.82) is 0 Å². The van der Waals surface area contributed by atoms with E-state index in [1.54, 1.807) is 0 Å². The second-order valence-electron chi connectivity index (χ2n) is 6.88. The van der Waals surface area contributed by atoms with Gasteiger partial charge in [-0.1, -0.05) is 13.8 Å². The summed E-state index contributed by atoms with van der Waals surface area (Å²) in [5.41, 5.74) is 0.922. The third-order valence-electron chi connectivity index (χ3n) is 4.61. The molecule has 2 heterocycles. The number of rotatable bonds is 2. The topological polar surface area (TPSA) is 15.3 Å². The molecule has 1 atom stereocenters. The summed E-state index contributed by atoms with van der Waals surface area (Å²) in [5.74, 6) is 2.69. The van der Waals surface area contributed by atoms with E-state index < -0.39 is 0 Å². The predicted octanol–water partition coefficient (Wildman–Crippen LogP) is 2.59. The first-order valence-electron chi connectivity index (χ1n) is 6.95. The summed E-state index contributed by atoms with van der Waals surface area (Å²) in [6, 6.07) is 0.824. The van der Waals surface area contributed by atoms with E-state index >= 15 is 0 Å². The first-order valence-corrected chi connectivity index (χ1v) is 8.10. The van der Waals surface area contributed by atoms with E-state index in [9.17, 15) is 0 Å². The largest absolute Gasteiger partial charge is 0.314 e. The van der Waals surface area contributed by atoms with Crippen molar-refractivity contribution in [3.63, 3.8) is 0 Å². The van der Waals surface area contributed by atoms with Gasteiger partial charge in [0.25, 0.3) is 0 Å². The van der Waals surface area contributed by atoms with Gasteiger partial charge in [-0.2, -0.15) is 11.8 Å². The lowest BCUT2D eigenvalue weighted by molar-refractivity contribution is 0.0952. The van der Waals surface area contributed by atoms with Gasteiger partial charge in [0.1, 0.15) is 0 Å². The Kier molecular flexibility index (Phi) is 4.11. The molecule has 0 bridgehead atoms. The summed E-state index contributed by atoms with van der Waals surface area (Å²) in [6.45, 7) is 9.77. The molecule has 2 fully saturated rings. The van der Waals surface area contributed by atoms with Crippen molar-refractivity contribution in [3.05, 3.63) is 0 Å². The van der Waals surface area contributed by atoms with Gasteiger partial charge in [0.15, 0.2) is 0 Å². The average Bonchev–Trinajstić information content (AvgIpc) is 2.29. The third-order valence-corrected chi connectivity index (χ3v) is 6.22. The Labute approximate surface area is 111 Å². The van der Waals surface area contributed by atoms with Crippen LogP contribution in [-0.2, 0) is 0 Å².